The molecule has 4 aliphatic rings. The zero-order valence-electron chi connectivity index (χ0n) is 19.0. The summed E-state index contributed by atoms with van der Waals surface area (Å²) in [5.41, 5.74) is 6.81. The van der Waals surface area contributed by atoms with E-state index in [1.54, 1.807) is 6.33 Å². The maximum absolute atomic E-state index is 6.16. The van der Waals surface area contributed by atoms with Crippen molar-refractivity contribution in [3.8, 4) is 23.0 Å². The van der Waals surface area contributed by atoms with Crippen LogP contribution in [0.5, 0.6) is 11.5 Å². The van der Waals surface area contributed by atoms with Crippen molar-refractivity contribution in [2.75, 3.05) is 25.6 Å². The van der Waals surface area contributed by atoms with Gasteiger partial charge in [0.05, 0.1) is 6.33 Å². The van der Waals surface area contributed by atoms with E-state index in [1.165, 1.54) is 37.6 Å². The van der Waals surface area contributed by atoms with Crippen LogP contribution in [0, 0.1) is 5.92 Å². The van der Waals surface area contributed by atoms with E-state index in [2.05, 4.69) is 44.2 Å². The molecular weight excluding hydrogens is 504 g/mol. The van der Waals surface area contributed by atoms with Crippen LogP contribution < -0.4 is 15.2 Å². The molecule has 1 aromatic carbocycles. The highest BCUT2D eigenvalue weighted by Gasteiger charge is 2.25. The van der Waals surface area contributed by atoms with Gasteiger partial charge in [-0.3, -0.25) is 0 Å². The number of aryl methyl sites for hydroxylation is 1. The molecule has 1 saturated heterocycles. The number of hydrogen-bond donors (Lipinski definition) is 1. The first-order valence-corrected chi connectivity index (χ1v) is 13.1. The summed E-state index contributed by atoms with van der Waals surface area (Å²) in [5.74, 6) is 3.34. The number of likely N-dealkylation sites (tertiary alicyclic amines) is 1. The van der Waals surface area contributed by atoms with Gasteiger partial charge in [0.2, 0.25) is 6.79 Å². The van der Waals surface area contributed by atoms with Crippen molar-refractivity contribution in [2.24, 2.45) is 5.92 Å². The van der Waals surface area contributed by atoms with Crippen molar-refractivity contribution in [2.45, 2.75) is 62.2 Å². The van der Waals surface area contributed by atoms with Gasteiger partial charge in [-0.05, 0) is 71.5 Å². The van der Waals surface area contributed by atoms with Gasteiger partial charge in [-0.1, -0.05) is 20.3 Å². The Morgan fingerprint density at radius 3 is 2.85 bits per heavy atom. The molecule has 0 amide bonds. The highest BCUT2D eigenvalue weighted by Crippen LogP contribution is 2.43. The van der Waals surface area contributed by atoms with Crippen LogP contribution in [0.3, 0.4) is 0 Å². The first-order chi connectivity index (χ1) is 16.0. The summed E-state index contributed by atoms with van der Waals surface area (Å²) in [6.07, 6.45) is 6.73. The van der Waals surface area contributed by atoms with Crippen LogP contribution in [0.1, 0.15) is 39.5 Å². The van der Waals surface area contributed by atoms with E-state index in [0.29, 0.717) is 28.6 Å². The van der Waals surface area contributed by atoms with Crippen LogP contribution in [0.15, 0.2) is 33.0 Å². The molecule has 0 aliphatic carbocycles. The Labute approximate surface area is 206 Å². The van der Waals surface area contributed by atoms with Gasteiger partial charge in [-0.15, -0.1) is 0 Å². The molecule has 0 bridgehead atoms. The van der Waals surface area contributed by atoms with Gasteiger partial charge in [0.25, 0.3) is 0 Å². The number of hydrogen-bond acceptors (Lipinski definition) is 8. The number of benzene rings is 1. The molecule has 0 saturated carbocycles. The number of aromatic nitrogens is 4. The van der Waals surface area contributed by atoms with Crippen molar-refractivity contribution in [1.29, 1.82) is 0 Å². The predicted octanol–water partition coefficient (Wildman–Crippen LogP) is 4.90. The molecule has 5 rings (SSSR count). The average molecular weight is 533 g/mol. The minimum Gasteiger partial charge on any atom is -0.454 e. The summed E-state index contributed by atoms with van der Waals surface area (Å²) < 4.78 is 14.0. The quantitative estimate of drug-likeness (QED) is 0.459. The van der Waals surface area contributed by atoms with Crippen LogP contribution >= 0.6 is 27.7 Å². The largest absolute Gasteiger partial charge is 0.454 e. The predicted molar refractivity (Wildman–Crippen MR) is 132 cm³/mol. The zero-order chi connectivity index (χ0) is 22.9. The lowest BCUT2D eigenvalue weighted by atomic mass is 9.98. The number of ether oxygens (including phenoxy) is 2. The molecule has 2 N–H and O–H groups in total. The Bertz CT molecular complexity index is 1110. The zero-order valence-corrected chi connectivity index (χ0v) is 21.4. The highest BCUT2D eigenvalue weighted by atomic mass is 79.9. The van der Waals surface area contributed by atoms with E-state index in [1.807, 2.05) is 12.1 Å². The van der Waals surface area contributed by atoms with E-state index in [-0.39, 0.29) is 6.79 Å². The third-order valence-corrected chi connectivity index (χ3v) is 7.99. The van der Waals surface area contributed by atoms with Crippen LogP contribution in [0.2, 0.25) is 0 Å². The molecule has 1 aromatic rings. The van der Waals surface area contributed by atoms with Gasteiger partial charge in [-0.25, -0.2) is 15.0 Å². The Morgan fingerprint density at radius 2 is 2.03 bits per heavy atom. The van der Waals surface area contributed by atoms with E-state index in [0.717, 1.165) is 46.2 Å². The lowest BCUT2D eigenvalue weighted by molar-refractivity contribution is 0.121. The smallest absolute Gasteiger partial charge is 0.231 e. The molecule has 1 unspecified atom stereocenters. The fraction of sp³-hybridized carbons (Fsp3) is 0.522. The highest BCUT2D eigenvalue weighted by molar-refractivity contribution is 9.10. The Kier molecular flexibility index (Phi) is 6.67. The summed E-state index contributed by atoms with van der Waals surface area (Å²) in [6.45, 7) is 8.04. The SMILES string of the molecule is CC(C)CN1CCCCC1CCn1cnc(N)c2nc(Sc3cc4c(cc3Br)OCO4)nc1-2. The second-order valence-corrected chi connectivity index (χ2v) is 10.9. The molecule has 4 heterocycles. The summed E-state index contributed by atoms with van der Waals surface area (Å²) in [4.78, 5) is 17.5. The van der Waals surface area contributed by atoms with E-state index < -0.39 is 0 Å². The molecule has 33 heavy (non-hydrogen) atoms. The first kappa shape index (κ1) is 22.7. The summed E-state index contributed by atoms with van der Waals surface area (Å²) in [6, 6.07) is 4.46. The molecule has 1 atom stereocenters. The van der Waals surface area contributed by atoms with Crippen LogP contribution in [0.4, 0.5) is 5.82 Å². The van der Waals surface area contributed by atoms with Crippen molar-refractivity contribution < 1.29 is 9.47 Å². The monoisotopic (exact) mass is 532 g/mol. The van der Waals surface area contributed by atoms with Crippen molar-refractivity contribution in [3.05, 3.63) is 22.9 Å². The number of piperidine rings is 1. The molecule has 10 heteroatoms. The molecular formula is C23H29BrN6O2S. The lowest BCUT2D eigenvalue weighted by Crippen LogP contribution is -2.42. The number of nitrogens with zero attached hydrogens (tertiary/aromatic N) is 5. The van der Waals surface area contributed by atoms with Crippen molar-refractivity contribution >= 4 is 33.5 Å². The fourth-order valence-electron chi connectivity index (χ4n) is 4.60. The molecule has 0 radical (unpaired) electrons. The first-order valence-electron chi connectivity index (χ1n) is 11.5. The summed E-state index contributed by atoms with van der Waals surface area (Å²) in [5, 5.41) is 0.636. The van der Waals surface area contributed by atoms with Gasteiger partial charge >= 0.3 is 0 Å². The van der Waals surface area contributed by atoms with E-state index in [4.69, 9.17) is 25.2 Å². The molecule has 8 nitrogen and oxygen atoms in total. The van der Waals surface area contributed by atoms with Crippen LogP contribution in [-0.4, -0.2) is 50.3 Å². The summed E-state index contributed by atoms with van der Waals surface area (Å²) >= 11 is 5.08. The topological polar surface area (TPSA) is 91.3 Å². The Balaban J connectivity index is 1.35. The lowest BCUT2D eigenvalue weighted by Gasteiger charge is -2.37. The minimum absolute atomic E-state index is 0.241. The number of fused-ring (bicyclic) bond motifs is 2. The van der Waals surface area contributed by atoms with Crippen LogP contribution in [-0.2, 0) is 6.54 Å². The fourth-order valence-corrected chi connectivity index (χ4v) is 5.96. The Hall–Kier alpha value is -2.04. The second kappa shape index (κ2) is 9.68. The minimum atomic E-state index is 0.241. The third kappa shape index (κ3) is 4.93. The number of rotatable bonds is 7. The second-order valence-electron chi connectivity index (χ2n) is 9.07. The number of anilines is 1. The molecule has 176 valence electrons. The van der Waals surface area contributed by atoms with Crippen molar-refractivity contribution in [3.63, 3.8) is 0 Å². The van der Waals surface area contributed by atoms with Crippen LogP contribution in [0.25, 0.3) is 11.5 Å². The van der Waals surface area contributed by atoms with E-state index >= 15 is 0 Å². The Morgan fingerprint density at radius 1 is 1.21 bits per heavy atom. The molecule has 0 aromatic heterocycles. The van der Waals surface area contributed by atoms with Crippen molar-refractivity contribution in [1.82, 2.24) is 24.4 Å². The van der Waals surface area contributed by atoms with Gasteiger partial charge in [0.15, 0.2) is 34.0 Å². The average Bonchev–Trinajstić information content (AvgIpc) is 3.41. The molecule has 0 spiro atoms. The maximum atomic E-state index is 6.16. The summed E-state index contributed by atoms with van der Waals surface area (Å²) in [7, 11) is 0. The van der Waals surface area contributed by atoms with Gasteiger partial charge in [0.1, 0.15) is 0 Å². The standard InChI is InChI=1S/C23H29BrN6O2S/c1-14(2)11-29-7-4-3-5-15(29)6-8-30-12-26-21(25)20-22(30)28-23(27-20)33-19-10-18-17(9-16(19)24)31-13-32-18/h9-10,12,14-15H,3-8,11,13,25H2,1-2H3. The van der Waals surface area contributed by atoms with Gasteiger partial charge < -0.3 is 24.7 Å². The van der Waals surface area contributed by atoms with Gasteiger partial charge in [-0.2, -0.15) is 0 Å². The van der Waals surface area contributed by atoms with E-state index in [9.17, 15) is 0 Å². The number of nitrogen functional groups attached to an aromatic ring is 1. The van der Waals surface area contributed by atoms with Gasteiger partial charge in [0, 0.05) is 28.5 Å². The maximum Gasteiger partial charge on any atom is 0.231 e. The third-order valence-electron chi connectivity index (χ3n) is 6.15. The molecule has 4 aliphatic heterocycles. The normalized spacial score (nSPS) is 18.5. The number of nitrogens with two attached hydrogens (primary N) is 1. The molecule has 1 fully saturated rings. The number of imidazole rings is 1. The number of halogens is 1.